The van der Waals surface area contributed by atoms with Gasteiger partial charge in [0.1, 0.15) is 0 Å². The van der Waals surface area contributed by atoms with Crippen LogP contribution in [0, 0.1) is 6.92 Å². The third-order valence-corrected chi connectivity index (χ3v) is 5.82. The predicted molar refractivity (Wildman–Crippen MR) is 108 cm³/mol. The van der Waals surface area contributed by atoms with Gasteiger partial charge in [-0.3, -0.25) is 10.1 Å². The second-order valence-electron chi connectivity index (χ2n) is 5.36. The maximum atomic E-state index is 12.4. The maximum Gasteiger partial charge on any atom is 0.277 e. The molecule has 3 aromatic rings. The van der Waals surface area contributed by atoms with Gasteiger partial charge in [0.2, 0.25) is 0 Å². The zero-order valence-electron chi connectivity index (χ0n) is 13.9. The van der Waals surface area contributed by atoms with E-state index in [1.807, 2.05) is 31.4 Å². The van der Waals surface area contributed by atoms with Gasteiger partial charge in [0.25, 0.3) is 5.91 Å². The van der Waals surface area contributed by atoms with Gasteiger partial charge >= 0.3 is 0 Å². The molecular weight excluding hydrogens is 411 g/mol. The van der Waals surface area contributed by atoms with E-state index in [4.69, 9.17) is 23.2 Å². The van der Waals surface area contributed by atoms with Gasteiger partial charge in [-0.15, -0.1) is 11.3 Å². The number of aryl methyl sites for hydroxylation is 1. The van der Waals surface area contributed by atoms with E-state index >= 15 is 0 Å². The Balaban J connectivity index is 1.74. The number of amides is 1. The van der Waals surface area contributed by atoms with Crippen molar-refractivity contribution in [2.24, 2.45) is 0 Å². The molecule has 2 aromatic heterocycles. The first-order valence-electron chi connectivity index (χ1n) is 7.54. The summed E-state index contributed by atoms with van der Waals surface area (Å²) in [6.45, 7) is 1.97. The molecule has 0 unspecified atom stereocenters. The lowest BCUT2D eigenvalue weighted by atomic mass is 10.1. The second-order valence-corrected chi connectivity index (χ2v) is 8.04. The minimum Gasteiger partial charge on any atom is -0.296 e. The van der Waals surface area contributed by atoms with Crippen LogP contribution in [0.15, 0.2) is 35.7 Å². The number of thioether (sulfide) groups is 1. The molecule has 0 saturated heterocycles. The number of carbonyl (C=O) groups excluding carboxylic acids is 1. The number of carbonyl (C=O) groups is 1. The molecule has 2 heterocycles. The molecular formula is C17H14Cl2N4OS2. The van der Waals surface area contributed by atoms with Crippen LogP contribution in [-0.2, 0) is 6.42 Å². The number of aromatic nitrogens is 3. The van der Waals surface area contributed by atoms with E-state index in [1.54, 1.807) is 6.20 Å². The van der Waals surface area contributed by atoms with Crippen molar-refractivity contribution in [2.45, 2.75) is 18.5 Å². The van der Waals surface area contributed by atoms with E-state index in [1.165, 1.54) is 29.3 Å². The van der Waals surface area contributed by atoms with Gasteiger partial charge in [-0.2, -0.15) is 0 Å². The Morgan fingerprint density at radius 1 is 1.27 bits per heavy atom. The highest BCUT2D eigenvalue weighted by Gasteiger charge is 2.16. The summed E-state index contributed by atoms with van der Waals surface area (Å²) in [5, 5.41) is 4.65. The number of nitrogens with one attached hydrogen (secondary N) is 1. The summed E-state index contributed by atoms with van der Waals surface area (Å²) in [5.74, 6) is -0.415. The Labute approximate surface area is 169 Å². The molecule has 0 aliphatic carbocycles. The van der Waals surface area contributed by atoms with Crippen LogP contribution in [0.1, 0.15) is 26.5 Å². The van der Waals surface area contributed by atoms with Crippen LogP contribution in [0.2, 0.25) is 10.0 Å². The van der Waals surface area contributed by atoms with Crippen molar-refractivity contribution in [3.63, 3.8) is 0 Å². The first-order chi connectivity index (χ1) is 12.5. The highest BCUT2D eigenvalue weighted by Crippen LogP contribution is 2.27. The summed E-state index contributed by atoms with van der Waals surface area (Å²) in [6.07, 6.45) is 5.63. The normalized spacial score (nSPS) is 10.8. The molecule has 0 aliphatic rings. The number of thiazole rings is 1. The van der Waals surface area contributed by atoms with Gasteiger partial charge in [0, 0.05) is 22.5 Å². The predicted octanol–water partition coefficient (Wildman–Crippen LogP) is 5.11. The number of halogens is 2. The molecule has 9 heteroatoms. The summed E-state index contributed by atoms with van der Waals surface area (Å²) in [7, 11) is 0. The van der Waals surface area contributed by atoms with Crippen LogP contribution in [0.25, 0.3) is 0 Å². The molecule has 26 heavy (non-hydrogen) atoms. The lowest BCUT2D eigenvalue weighted by molar-refractivity contribution is 0.102. The fourth-order valence-electron chi connectivity index (χ4n) is 2.24. The SMILES string of the molecule is CSc1ncc(Cl)c(C(=O)Nc2ncc(Cc3cccc(C)c3Cl)s2)n1. The lowest BCUT2D eigenvalue weighted by Crippen LogP contribution is -2.15. The molecule has 1 amide bonds. The molecule has 1 aromatic carbocycles. The third-order valence-electron chi connectivity index (χ3n) is 3.53. The minimum absolute atomic E-state index is 0.129. The van der Waals surface area contributed by atoms with Crippen LogP contribution in [0.5, 0.6) is 0 Å². The molecule has 134 valence electrons. The summed E-state index contributed by atoms with van der Waals surface area (Å²) in [4.78, 5) is 25.8. The Morgan fingerprint density at radius 2 is 2.08 bits per heavy atom. The number of anilines is 1. The standard InChI is InChI=1S/C17H14Cl2N4OS2/c1-9-4-3-5-10(13(9)19)6-11-7-20-17(26-11)23-15(24)14-12(18)8-21-16(22-14)25-2/h3-5,7-8H,6H2,1-2H3,(H,20,23,24). The number of benzene rings is 1. The molecule has 0 radical (unpaired) electrons. The zero-order chi connectivity index (χ0) is 18.7. The topological polar surface area (TPSA) is 67.8 Å². The fourth-order valence-corrected chi connectivity index (χ4v) is 3.79. The zero-order valence-corrected chi connectivity index (χ0v) is 17.1. The molecule has 0 atom stereocenters. The lowest BCUT2D eigenvalue weighted by Gasteiger charge is -2.05. The van der Waals surface area contributed by atoms with Gasteiger partial charge < -0.3 is 0 Å². The van der Waals surface area contributed by atoms with Crippen molar-refractivity contribution in [1.82, 2.24) is 15.0 Å². The van der Waals surface area contributed by atoms with Crippen molar-refractivity contribution >= 4 is 57.3 Å². The Kier molecular flexibility index (Phi) is 6.13. The maximum absolute atomic E-state index is 12.4. The van der Waals surface area contributed by atoms with Gasteiger partial charge in [-0.05, 0) is 24.3 Å². The van der Waals surface area contributed by atoms with Crippen molar-refractivity contribution in [3.05, 3.63) is 62.3 Å². The average Bonchev–Trinajstić information content (AvgIpc) is 3.06. The molecule has 0 fully saturated rings. The van der Waals surface area contributed by atoms with Crippen LogP contribution >= 0.6 is 46.3 Å². The Bertz CT molecular complexity index is 962. The molecule has 3 rings (SSSR count). The third kappa shape index (κ3) is 4.35. The second kappa shape index (κ2) is 8.35. The fraction of sp³-hybridized carbons (Fsp3) is 0.176. The molecule has 0 bridgehead atoms. The van der Waals surface area contributed by atoms with Crippen molar-refractivity contribution < 1.29 is 4.79 Å². The van der Waals surface area contributed by atoms with E-state index in [0.29, 0.717) is 16.7 Å². The average molecular weight is 425 g/mol. The highest BCUT2D eigenvalue weighted by atomic mass is 35.5. The number of hydrogen-bond acceptors (Lipinski definition) is 6. The Morgan fingerprint density at radius 3 is 2.85 bits per heavy atom. The van der Waals surface area contributed by atoms with Gasteiger partial charge in [-0.1, -0.05) is 53.2 Å². The first-order valence-corrected chi connectivity index (χ1v) is 10.3. The van der Waals surface area contributed by atoms with Crippen LogP contribution < -0.4 is 5.32 Å². The highest BCUT2D eigenvalue weighted by molar-refractivity contribution is 7.98. The van der Waals surface area contributed by atoms with E-state index in [9.17, 15) is 4.79 Å². The summed E-state index contributed by atoms with van der Waals surface area (Å²) < 4.78 is 0. The van der Waals surface area contributed by atoms with Gasteiger partial charge in [0.15, 0.2) is 16.0 Å². The largest absolute Gasteiger partial charge is 0.296 e. The smallest absolute Gasteiger partial charge is 0.277 e. The molecule has 1 N–H and O–H groups in total. The number of rotatable bonds is 5. The van der Waals surface area contributed by atoms with E-state index < -0.39 is 5.91 Å². The number of nitrogens with zero attached hydrogens (tertiary/aromatic N) is 3. The van der Waals surface area contributed by atoms with E-state index in [0.717, 1.165) is 21.0 Å². The van der Waals surface area contributed by atoms with Crippen molar-refractivity contribution in [2.75, 3.05) is 11.6 Å². The molecule has 0 saturated carbocycles. The monoisotopic (exact) mass is 424 g/mol. The van der Waals surface area contributed by atoms with Gasteiger partial charge in [-0.25, -0.2) is 15.0 Å². The summed E-state index contributed by atoms with van der Waals surface area (Å²) >= 11 is 15.1. The molecule has 0 aliphatic heterocycles. The first kappa shape index (κ1) is 19.1. The number of hydrogen-bond donors (Lipinski definition) is 1. The molecule has 0 spiro atoms. The Hall–Kier alpha value is -1.67. The summed E-state index contributed by atoms with van der Waals surface area (Å²) in [5.41, 5.74) is 2.19. The van der Waals surface area contributed by atoms with E-state index in [2.05, 4.69) is 20.3 Å². The quantitative estimate of drug-likeness (QED) is 0.454. The van der Waals surface area contributed by atoms with Gasteiger partial charge in [0.05, 0.1) is 11.2 Å². The van der Waals surface area contributed by atoms with Crippen LogP contribution in [0.3, 0.4) is 0 Å². The minimum atomic E-state index is -0.415. The van der Waals surface area contributed by atoms with E-state index in [-0.39, 0.29) is 10.7 Å². The van der Waals surface area contributed by atoms with Crippen LogP contribution in [0.4, 0.5) is 5.13 Å². The van der Waals surface area contributed by atoms with Crippen molar-refractivity contribution in [3.8, 4) is 0 Å². The molecule has 5 nitrogen and oxygen atoms in total. The van der Waals surface area contributed by atoms with Crippen molar-refractivity contribution in [1.29, 1.82) is 0 Å². The van der Waals surface area contributed by atoms with Crippen LogP contribution in [-0.4, -0.2) is 27.1 Å². The summed E-state index contributed by atoms with van der Waals surface area (Å²) in [6, 6.07) is 5.93.